The van der Waals surface area contributed by atoms with E-state index < -0.39 is 11.7 Å². The van der Waals surface area contributed by atoms with E-state index in [9.17, 15) is 9.90 Å². The van der Waals surface area contributed by atoms with Crippen LogP contribution in [0.1, 0.15) is 59.6 Å². The molecule has 1 heterocycles. The number of amides is 1. The first-order valence-electron chi connectivity index (χ1n) is 12.8. The second kappa shape index (κ2) is 12.0. The molecule has 0 radical (unpaired) electrons. The number of rotatable bonds is 7. The molecule has 2 unspecified atom stereocenters. The van der Waals surface area contributed by atoms with Crippen LogP contribution in [0, 0.1) is 0 Å². The largest absolute Gasteiger partial charge is 0.497 e. The minimum atomic E-state index is -0.580. The predicted molar refractivity (Wildman–Crippen MR) is 148 cm³/mol. The Morgan fingerprint density at radius 3 is 2.41 bits per heavy atom. The van der Waals surface area contributed by atoms with Crippen molar-refractivity contribution in [1.29, 1.82) is 0 Å². The van der Waals surface area contributed by atoms with Crippen LogP contribution in [-0.2, 0) is 6.42 Å². The van der Waals surface area contributed by atoms with E-state index in [0.717, 1.165) is 67.0 Å². The minimum absolute atomic E-state index is 0. The summed E-state index contributed by atoms with van der Waals surface area (Å²) in [5, 5.41) is 18.0. The molecule has 3 N–H and O–H groups in total. The van der Waals surface area contributed by atoms with Crippen LogP contribution in [-0.4, -0.2) is 36.4 Å². The number of benzene rings is 3. The lowest BCUT2D eigenvalue weighted by Crippen LogP contribution is -2.57. The molecule has 6 nitrogen and oxygen atoms in total. The van der Waals surface area contributed by atoms with Crippen LogP contribution in [0.2, 0.25) is 0 Å². The van der Waals surface area contributed by atoms with Crippen LogP contribution in [0.3, 0.4) is 0 Å². The minimum Gasteiger partial charge on any atom is -0.497 e. The van der Waals surface area contributed by atoms with Gasteiger partial charge in [0.2, 0.25) is 0 Å². The molecular formula is C30H35ClN2O4. The number of anilines is 1. The summed E-state index contributed by atoms with van der Waals surface area (Å²) in [6.45, 7) is 0.726. The molecule has 0 saturated heterocycles. The lowest BCUT2D eigenvalue weighted by molar-refractivity contribution is -0.107. The van der Waals surface area contributed by atoms with Crippen molar-refractivity contribution < 1.29 is 19.4 Å². The maximum atomic E-state index is 12.5. The molecule has 1 fully saturated rings. The van der Waals surface area contributed by atoms with Gasteiger partial charge in [-0.2, -0.15) is 0 Å². The number of carbonyl (C=O) groups excluding carboxylic acids is 1. The smallest absolute Gasteiger partial charge is 0.255 e. The summed E-state index contributed by atoms with van der Waals surface area (Å²) in [6, 6.07) is 22.9. The summed E-state index contributed by atoms with van der Waals surface area (Å²) < 4.78 is 11.6. The highest BCUT2D eigenvalue weighted by Gasteiger charge is 2.49. The van der Waals surface area contributed by atoms with Crippen LogP contribution in [0.25, 0.3) is 0 Å². The van der Waals surface area contributed by atoms with E-state index in [4.69, 9.17) is 9.47 Å². The summed E-state index contributed by atoms with van der Waals surface area (Å²) in [6.07, 6.45) is 5.40. The second-order valence-electron chi connectivity index (χ2n) is 9.77. The second-order valence-corrected chi connectivity index (χ2v) is 9.77. The fourth-order valence-electron chi connectivity index (χ4n) is 5.43. The molecule has 0 aromatic heterocycles. The average Bonchev–Trinajstić information content (AvgIpc) is 2.92. The van der Waals surface area contributed by atoms with Crippen LogP contribution >= 0.6 is 12.4 Å². The Bertz CT molecular complexity index is 1180. The molecule has 2 aliphatic rings. The van der Waals surface area contributed by atoms with Crippen LogP contribution in [0.5, 0.6) is 11.5 Å². The van der Waals surface area contributed by atoms with Gasteiger partial charge in [0.25, 0.3) is 5.91 Å². The van der Waals surface area contributed by atoms with Gasteiger partial charge in [-0.15, -0.1) is 12.4 Å². The van der Waals surface area contributed by atoms with Gasteiger partial charge >= 0.3 is 0 Å². The Morgan fingerprint density at radius 1 is 1.00 bits per heavy atom. The van der Waals surface area contributed by atoms with Gasteiger partial charge in [0.15, 0.2) is 0 Å². The number of para-hydroxylation sites is 1. The van der Waals surface area contributed by atoms with E-state index in [-0.39, 0.29) is 24.4 Å². The van der Waals surface area contributed by atoms with Crippen molar-refractivity contribution in [1.82, 2.24) is 5.32 Å². The molecule has 1 spiro atoms. The fraction of sp³-hybridized carbons (Fsp3) is 0.367. The maximum Gasteiger partial charge on any atom is 0.255 e. The van der Waals surface area contributed by atoms with Crippen LogP contribution < -0.4 is 20.1 Å². The molecule has 2 atom stereocenters. The number of aliphatic hydroxyl groups is 1. The molecular weight excluding hydrogens is 488 g/mol. The fourth-order valence-corrected chi connectivity index (χ4v) is 5.43. The first kappa shape index (κ1) is 27.0. The topological polar surface area (TPSA) is 79.8 Å². The van der Waals surface area contributed by atoms with E-state index in [1.165, 1.54) is 6.42 Å². The van der Waals surface area contributed by atoms with Crippen LogP contribution in [0.15, 0.2) is 72.8 Å². The lowest BCUT2D eigenvalue weighted by Gasteiger charge is -2.48. The lowest BCUT2D eigenvalue weighted by atomic mass is 9.75. The summed E-state index contributed by atoms with van der Waals surface area (Å²) in [5.74, 6) is 1.45. The molecule has 196 valence electrons. The zero-order valence-corrected chi connectivity index (χ0v) is 21.9. The van der Waals surface area contributed by atoms with E-state index in [1.54, 1.807) is 31.4 Å². The molecule has 1 saturated carbocycles. The number of aliphatic hydroxyl groups excluding tert-OH is 1. The van der Waals surface area contributed by atoms with Crippen LogP contribution in [0.4, 0.5) is 5.69 Å². The highest BCUT2D eigenvalue weighted by molar-refractivity contribution is 6.04. The van der Waals surface area contributed by atoms with Gasteiger partial charge in [-0.05, 0) is 86.7 Å². The normalized spacial score (nSPS) is 19.7. The third-order valence-corrected chi connectivity index (χ3v) is 7.46. The molecule has 1 amide bonds. The molecule has 1 aliphatic heterocycles. The number of fused-ring (bicyclic) bond motifs is 1. The van der Waals surface area contributed by atoms with Gasteiger partial charge in [0.05, 0.1) is 13.2 Å². The molecule has 1 aliphatic carbocycles. The third-order valence-electron chi connectivity index (χ3n) is 7.46. The van der Waals surface area contributed by atoms with Crippen molar-refractivity contribution in [3.8, 4) is 11.5 Å². The Morgan fingerprint density at radius 2 is 1.70 bits per heavy atom. The number of hydrogen-bond donors (Lipinski definition) is 3. The predicted octanol–water partition coefficient (Wildman–Crippen LogP) is 5.70. The van der Waals surface area contributed by atoms with Gasteiger partial charge in [-0.25, -0.2) is 0 Å². The highest BCUT2D eigenvalue weighted by atomic mass is 35.5. The van der Waals surface area contributed by atoms with Crippen molar-refractivity contribution in [3.05, 3.63) is 89.5 Å². The van der Waals surface area contributed by atoms with E-state index in [0.29, 0.717) is 5.56 Å². The van der Waals surface area contributed by atoms with E-state index >= 15 is 0 Å². The number of carbonyl (C=O) groups is 1. The zero-order valence-electron chi connectivity index (χ0n) is 21.1. The Balaban J connectivity index is 0.00000320. The zero-order chi connectivity index (χ0) is 25.0. The number of halogens is 1. The molecule has 37 heavy (non-hydrogen) atoms. The monoisotopic (exact) mass is 522 g/mol. The summed E-state index contributed by atoms with van der Waals surface area (Å²) >= 11 is 0. The standard InChI is InChI=1S/C30H34N2O4.ClH/c1-35-24-15-11-22(12-16-24)29(34)32-23-13-9-21(10-14-23)17-20-31-27-25-7-3-4-8-26(25)36-30(28(27)33)18-5-2-6-19-30;/h3-4,7-16,27-28,31,33H,2,5-6,17-20H2,1H3,(H,32,34);1H. The number of hydrogen-bond acceptors (Lipinski definition) is 5. The first-order chi connectivity index (χ1) is 17.6. The van der Waals surface area contributed by atoms with Gasteiger partial charge in [-0.1, -0.05) is 36.8 Å². The molecule has 0 bridgehead atoms. The average molecular weight is 523 g/mol. The van der Waals surface area contributed by atoms with Crippen molar-refractivity contribution in [3.63, 3.8) is 0 Å². The van der Waals surface area contributed by atoms with Crippen molar-refractivity contribution in [2.45, 2.75) is 56.3 Å². The number of nitrogens with one attached hydrogen (secondary N) is 2. The quantitative estimate of drug-likeness (QED) is 0.371. The first-order valence-corrected chi connectivity index (χ1v) is 12.8. The van der Waals surface area contributed by atoms with Gasteiger partial charge in [0, 0.05) is 16.8 Å². The number of methoxy groups -OCH3 is 1. The van der Waals surface area contributed by atoms with Crippen molar-refractivity contribution in [2.75, 3.05) is 19.0 Å². The molecule has 7 heteroatoms. The third kappa shape index (κ3) is 5.93. The van der Waals surface area contributed by atoms with Crippen molar-refractivity contribution in [2.24, 2.45) is 0 Å². The van der Waals surface area contributed by atoms with E-state index in [1.807, 2.05) is 48.5 Å². The Hall–Kier alpha value is -3.06. The van der Waals surface area contributed by atoms with Gasteiger partial charge < -0.3 is 25.2 Å². The maximum absolute atomic E-state index is 12.5. The summed E-state index contributed by atoms with van der Waals surface area (Å²) in [4.78, 5) is 12.5. The van der Waals surface area contributed by atoms with Gasteiger partial charge in [0.1, 0.15) is 23.2 Å². The molecule has 5 rings (SSSR count). The summed E-state index contributed by atoms with van der Waals surface area (Å²) in [5.41, 5.74) is 3.02. The summed E-state index contributed by atoms with van der Waals surface area (Å²) in [7, 11) is 1.60. The number of ether oxygens (including phenoxy) is 2. The SMILES string of the molecule is COc1ccc(C(=O)Nc2ccc(CCNC3c4ccccc4OC4(CCCCC4)C3O)cc2)cc1.Cl. The highest BCUT2D eigenvalue weighted by Crippen LogP contribution is 2.46. The van der Waals surface area contributed by atoms with Gasteiger partial charge in [-0.3, -0.25) is 4.79 Å². The molecule has 3 aromatic carbocycles. The van der Waals surface area contributed by atoms with Crippen molar-refractivity contribution >= 4 is 24.0 Å². The Labute approximate surface area is 224 Å². The Kier molecular flexibility index (Phi) is 8.75. The molecule has 3 aromatic rings. The van der Waals surface area contributed by atoms with E-state index in [2.05, 4.69) is 10.6 Å².